The second kappa shape index (κ2) is 15.6. The van der Waals surface area contributed by atoms with E-state index in [1.807, 2.05) is 6.92 Å². The second-order valence-corrected chi connectivity index (χ2v) is 10.3. The largest absolute Gasteiger partial charge is 0.463 e. The van der Waals surface area contributed by atoms with E-state index in [9.17, 15) is 27.6 Å². The van der Waals surface area contributed by atoms with E-state index in [1.165, 1.54) is 12.1 Å². The maximum Gasteiger partial charge on any atom is 0.303 e. The summed E-state index contributed by atoms with van der Waals surface area (Å²) in [7, 11) is -3.95. The van der Waals surface area contributed by atoms with Crippen LogP contribution in [0.15, 0.2) is 29.2 Å². The molecule has 1 saturated heterocycles. The number of esters is 4. The number of benzene rings is 1. The zero-order valence-corrected chi connectivity index (χ0v) is 23.7. The Balaban J connectivity index is 2.01. The van der Waals surface area contributed by atoms with Gasteiger partial charge in [0, 0.05) is 27.7 Å². The molecule has 40 heavy (non-hydrogen) atoms. The van der Waals surface area contributed by atoms with E-state index in [4.69, 9.17) is 37.3 Å². The maximum absolute atomic E-state index is 12.2. The van der Waals surface area contributed by atoms with Crippen LogP contribution >= 0.6 is 0 Å². The van der Waals surface area contributed by atoms with Gasteiger partial charge in [0.15, 0.2) is 24.6 Å². The summed E-state index contributed by atoms with van der Waals surface area (Å²) in [6.45, 7) is 5.40. The number of rotatable bonds is 14. The summed E-state index contributed by atoms with van der Waals surface area (Å²) < 4.78 is 67.1. The third kappa shape index (κ3) is 10.8. The Morgan fingerprint density at radius 2 is 1.30 bits per heavy atom. The summed E-state index contributed by atoms with van der Waals surface area (Å²) in [5.74, 6) is -2.93. The molecule has 1 aromatic carbocycles. The Kier molecular flexibility index (Phi) is 12.9. The molecule has 5 atom stereocenters. The maximum atomic E-state index is 12.2. The van der Waals surface area contributed by atoms with Gasteiger partial charge in [0.25, 0.3) is 10.1 Å². The number of carbonyl (C=O) groups is 4. The van der Waals surface area contributed by atoms with Gasteiger partial charge in [0.05, 0.1) is 31.3 Å². The number of hydrogen-bond donors (Lipinski definition) is 0. The molecule has 0 amide bonds. The predicted octanol–water partition coefficient (Wildman–Crippen LogP) is 0.817. The first-order valence-electron chi connectivity index (χ1n) is 12.3. The zero-order valence-electron chi connectivity index (χ0n) is 22.9. The summed E-state index contributed by atoms with van der Waals surface area (Å²) in [5, 5.41) is 0. The molecule has 2 unspecified atom stereocenters. The molecule has 1 aliphatic rings. The van der Waals surface area contributed by atoms with Crippen LogP contribution in [0.2, 0.25) is 0 Å². The van der Waals surface area contributed by atoms with E-state index < -0.39 is 64.7 Å². The fourth-order valence-corrected chi connectivity index (χ4v) is 4.52. The van der Waals surface area contributed by atoms with Crippen molar-refractivity contribution < 1.29 is 64.9 Å². The monoisotopic (exact) mass is 590 g/mol. The van der Waals surface area contributed by atoms with Crippen LogP contribution in [-0.2, 0) is 66.6 Å². The third-order valence-corrected chi connectivity index (χ3v) is 6.56. The van der Waals surface area contributed by atoms with Crippen LogP contribution in [0.1, 0.15) is 33.3 Å². The normalized spacial score (nSPS) is 22.7. The van der Waals surface area contributed by atoms with E-state index in [0.29, 0.717) is 0 Å². The van der Waals surface area contributed by atoms with Crippen LogP contribution in [0.25, 0.3) is 0 Å². The third-order valence-electron chi connectivity index (χ3n) is 5.23. The van der Waals surface area contributed by atoms with Crippen LogP contribution < -0.4 is 0 Å². The SMILES string of the molecule is CC(=O)OCC1O[C@H](OCCOCCOS(=O)(=O)c2ccc(C)cc2)C(OC(C)=O)[C@H](OC(C)=O)[C@@H]1OC(C)=O. The van der Waals surface area contributed by atoms with Crippen LogP contribution in [-0.4, -0.2) is 96.0 Å². The molecular formula is C25H34O14S. The molecule has 1 fully saturated rings. The molecule has 15 heteroatoms. The molecule has 2 rings (SSSR count). The summed E-state index contributed by atoms with van der Waals surface area (Å²) in [5.41, 5.74) is 0.902. The minimum absolute atomic E-state index is 0.0186. The highest BCUT2D eigenvalue weighted by molar-refractivity contribution is 7.86. The van der Waals surface area contributed by atoms with Crippen LogP contribution in [0.3, 0.4) is 0 Å². The summed E-state index contributed by atoms with van der Waals surface area (Å²) in [6.07, 6.45) is -6.50. The van der Waals surface area contributed by atoms with Crippen LogP contribution in [0.5, 0.6) is 0 Å². The van der Waals surface area contributed by atoms with Crippen molar-refractivity contribution in [3.63, 3.8) is 0 Å². The summed E-state index contributed by atoms with van der Waals surface area (Å²) >= 11 is 0. The van der Waals surface area contributed by atoms with E-state index in [-0.39, 0.29) is 37.9 Å². The lowest BCUT2D eigenvalue weighted by molar-refractivity contribution is -0.309. The molecule has 1 aliphatic heterocycles. The van der Waals surface area contributed by atoms with Gasteiger partial charge in [-0.25, -0.2) is 0 Å². The van der Waals surface area contributed by atoms with Gasteiger partial charge in [-0.1, -0.05) is 17.7 Å². The number of hydrogen-bond acceptors (Lipinski definition) is 14. The van der Waals surface area contributed by atoms with Gasteiger partial charge < -0.3 is 33.2 Å². The molecule has 1 aromatic rings. The van der Waals surface area contributed by atoms with E-state index in [0.717, 1.165) is 33.3 Å². The van der Waals surface area contributed by atoms with Gasteiger partial charge in [-0.3, -0.25) is 23.4 Å². The fourth-order valence-electron chi connectivity index (χ4n) is 3.62. The first kappa shape index (κ1) is 33.1. The lowest BCUT2D eigenvalue weighted by Crippen LogP contribution is -2.63. The van der Waals surface area contributed by atoms with Gasteiger partial charge >= 0.3 is 23.9 Å². The van der Waals surface area contributed by atoms with Crippen molar-refractivity contribution in [2.24, 2.45) is 0 Å². The predicted molar refractivity (Wildman–Crippen MR) is 133 cm³/mol. The second-order valence-electron chi connectivity index (χ2n) is 8.64. The highest BCUT2D eigenvalue weighted by Gasteiger charge is 2.52. The first-order valence-corrected chi connectivity index (χ1v) is 13.7. The molecule has 0 radical (unpaired) electrons. The Bertz CT molecular complexity index is 1120. The van der Waals surface area contributed by atoms with E-state index >= 15 is 0 Å². The van der Waals surface area contributed by atoms with Crippen molar-refractivity contribution >= 4 is 34.0 Å². The molecule has 0 spiro atoms. The molecule has 0 aromatic heterocycles. The quantitative estimate of drug-likeness (QED) is 0.129. The van der Waals surface area contributed by atoms with Crippen molar-refractivity contribution in [1.82, 2.24) is 0 Å². The lowest BCUT2D eigenvalue weighted by atomic mass is 9.98. The number of ether oxygens (including phenoxy) is 7. The van der Waals surface area contributed by atoms with E-state index in [1.54, 1.807) is 12.1 Å². The average Bonchev–Trinajstić information content (AvgIpc) is 2.85. The van der Waals surface area contributed by atoms with Gasteiger partial charge in [-0.05, 0) is 19.1 Å². The molecule has 224 valence electrons. The standard InChI is InChI=1S/C25H34O14S/c1-15-6-8-20(9-7-15)40(30,31)35-13-11-32-10-12-33-25-24(38-19(5)29)23(37-18(4)28)22(36-17(3)27)21(39-25)14-34-16(2)26/h6-9,21-25H,10-14H2,1-5H3/t21?,22-,23-,24?,25+/m1/s1. The first-order chi connectivity index (χ1) is 18.8. The van der Waals surface area contributed by atoms with Crippen molar-refractivity contribution in [3.8, 4) is 0 Å². The summed E-state index contributed by atoms with van der Waals surface area (Å²) in [4.78, 5) is 46.8. The summed E-state index contributed by atoms with van der Waals surface area (Å²) in [6, 6.07) is 6.18. The average molecular weight is 591 g/mol. The van der Waals surface area contributed by atoms with Crippen molar-refractivity contribution in [2.75, 3.05) is 33.0 Å². The Morgan fingerprint density at radius 1 is 0.750 bits per heavy atom. The molecule has 0 saturated carbocycles. The minimum atomic E-state index is -3.95. The molecule has 14 nitrogen and oxygen atoms in total. The molecule has 1 heterocycles. The van der Waals surface area contributed by atoms with Crippen molar-refractivity contribution in [2.45, 2.75) is 70.2 Å². The smallest absolute Gasteiger partial charge is 0.303 e. The van der Waals surface area contributed by atoms with Crippen molar-refractivity contribution in [3.05, 3.63) is 29.8 Å². The lowest BCUT2D eigenvalue weighted by Gasteiger charge is -2.44. The Labute approximate surface area is 232 Å². The number of carbonyl (C=O) groups excluding carboxylic acids is 4. The molecular weight excluding hydrogens is 556 g/mol. The van der Waals surface area contributed by atoms with Gasteiger partial charge in [-0.15, -0.1) is 0 Å². The van der Waals surface area contributed by atoms with Gasteiger partial charge in [0.1, 0.15) is 12.7 Å². The molecule has 0 bridgehead atoms. The van der Waals surface area contributed by atoms with Crippen LogP contribution in [0.4, 0.5) is 0 Å². The zero-order chi connectivity index (χ0) is 29.9. The van der Waals surface area contributed by atoms with Crippen molar-refractivity contribution in [1.29, 1.82) is 0 Å². The molecule has 0 aliphatic carbocycles. The number of aryl methyl sites for hydroxylation is 1. The Morgan fingerprint density at radius 3 is 1.88 bits per heavy atom. The van der Waals surface area contributed by atoms with Gasteiger partial charge in [0.2, 0.25) is 0 Å². The van der Waals surface area contributed by atoms with Gasteiger partial charge in [-0.2, -0.15) is 8.42 Å². The highest BCUT2D eigenvalue weighted by Crippen LogP contribution is 2.30. The minimum Gasteiger partial charge on any atom is -0.463 e. The van der Waals surface area contributed by atoms with Crippen LogP contribution in [0, 0.1) is 6.92 Å². The Hall–Kier alpha value is -3.11. The molecule has 0 N–H and O–H groups in total. The fraction of sp³-hybridized carbons (Fsp3) is 0.600. The van der Waals surface area contributed by atoms with E-state index in [2.05, 4.69) is 0 Å². The highest BCUT2D eigenvalue weighted by atomic mass is 32.2. The topological polar surface area (TPSA) is 176 Å².